The number of rotatable bonds is 3. The van der Waals surface area contributed by atoms with Crippen molar-refractivity contribution in [3.05, 3.63) is 20.8 Å². The highest BCUT2D eigenvalue weighted by atomic mass is 79.9. The lowest BCUT2D eigenvalue weighted by Crippen LogP contribution is -2.44. The number of hydrogen-bond donors (Lipinski definition) is 1. The zero-order valence-corrected chi connectivity index (χ0v) is 11.9. The van der Waals surface area contributed by atoms with E-state index >= 15 is 0 Å². The first-order valence-corrected chi connectivity index (χ1v) is 6.81. The van der Waals surface area contributed by atoms with Crippen molar-refractivity contribution in [2.24, 2.45) is 0 Å². The highest BCUT2D eigenvalue weighted by Gasteiger charge is 2.20. The molecule has 5 heteroatoms. The van der Waals surface area contributed by atoms with Crippen LogP contribution in [0.3, 0.4) is 0 Å². The highest BCUT2D eigenvalue weighted by Crippen LogP contribution is 2.22. The van der Waals surface area contributed by atoms with E-state index in [-0.39, 0.29) is 11.4 Å². The van der Waals surface area contributed by atoms with Crippen LogP contribution < -0.4 is 5.32 Å². The van der Waals surface area contributed by atoms with Gasteiger partial charge in [-0.05, 0) is 41.9 Å². The number of carbonyl (C=O) groups is 1. The van der Waals surface area contributed by atoms with E-state index in [0.29, 0.717) is 0 Å². The Bertz CT molecular complexity index is 335. The van der Waals surface area contributed by atoms with Crippen molar-refractivity contribution < 1.29 is 4.79 Å². The maximum absolute atomic E-state index is 11.7. The second-order valence-corrected chi connectivity index (χ2v) is 6.60. The number of halogens is 2. The molecule has 0 aromatic carbocycles. The van der Waals surface area contributed by atoms with Gasteiger partial charge < -0.3 is 5.32 Å². The first-order chi connectivity index (χ1) is 6.44. The van der Waals surface area contributed by atoms with Crippen molar-refractivity contribution in [3.8, 4) is 0 Å². The summed E-state index contributed by atoms with van der Waals surface area (Å²) in [4.78, 5) is 12.4. The minimum Gasteiger partial charge on any atom is -0.346 e. The lowest BCUT2D eigenvalue weighted by Gasteiger charge is -2.22. The van der Waals surface area contributed by atoms with Gasteiger partial charge >= 0.3 is 0 Å². The van der Waals surface area contributed by atoms with E-state index in [4.69, 9.17) is 0 Å². The molecule has 2 nitrogen and oxygen atoms in total. The average molecular weight is 341 g/mol. The molecule has 0 bridgehead atoms. The van der Waals surface area contributed by atoms with Crippen LogP contribution in [0.1, 0.15) is 23.5 Å². The Balaban J connectivity index is 2.68. The van der Waals surface area contributed by atoms with Crippen molar-refractivity contribution in [3.63, 3.8) is 0 Å². The van der Waals surface area contributed by atoms with E-state index in [1.165, 1.54) is 11.3 Å². The molecule has 14 heavy (non-hydrogen) atoms. The monoisotopic (exact) mass is 339 g/mol. The Kier molecular flexibility index (Phi) is 4.15. The molecule has 0 aliphatic rings. The third-order valence-corrected chi connectivity index (χ3v) is 4.61. The summed E-state index contributed by atoms with van der Waals surface area (Å²) in [7, 11) is 0. The number of alkyl halides is 1. The van der Waals surface area contributed by atoms with Gasteiger partial charge in [0.25, 0.3) is 5.91 Å². The molecule has 0 fully saturated rings. The Morgan fingerprint density at radius 1 is 1.57 bits per heavy atom. The largest absolute Gasteiger partial charge is 0.346 e. The first-order valence-electron chi connectivity index (χ1n) is 4.08. The number of carbonyl (C=O) groups excluding carboxylic acids is 1. The van der Waals surface area contributed by atoms with Gasteiger partial charge in [-0.2, -0.15) is 0 Å². The summed E-state index contributed by atoms with van der Waals surface area (Å²) in [6.07, 6.45) is 0. The number of amides is 1. The molecule has 0 aliphatic heterocycles. The molecular formula is C9H11Br2NOS. The molecule has 1 aromatic rings. The SMILES string of the molecule is CC(C)(CBr)NC(=O)c1ccc(Br)s1. The average Bonchev–Trinajstić information content (AvgIpc) is 2.51. The minimum absolute atomic E-state index is 0.0230. The van der Waals surface area contributed by atoms with Crippen LogP contribution in [0, 0.1) is 0 Å². The summed E-state index contributed by atoms with van der Waals surface area (Å²) in [6.45, 7) is 3.95. The fraction of sp³-hybridized carbons (Fsp3) is 0.444. The number of nitrogens with one attached hydrogen (secondary N) is 1. The molecular weight excluding hydrogens is 330 g/mol. The molecule has 0 spiro atoms. The van der Waals surface area contributed by atoms with Gasteiger partial charge in [-0.1, -0.05) is 15.9 Å². The van der Waals surface area contributed by atoms with Crippen molar-refractivity contribution in [1.29, 1.82) is 0 Å². The van der Waals surface area contributed by atoms with E-state index in [0.717, 1.165) is 14.0 Å². The van der Waals surface area contributed by atoms with Crippen LogP contribution in [0.25, 0.3) is 0 Å². The standard InChI is InChI=1S/C9H11Br2NOS/c1-9(2,5-10)12-8(13)6-3-4-7(11)14-6/h3-4H,5H2,1-2H3,(H,12,13). The zero-order valence-electron chi connectivity index (χ0n) is 7.93. The maximum atomic E-state index is 11.7. The summed E-state index contributed by atoms with van der Waals surface area (Å²) < 4.78 is 0.972. The van der Waals surface area contributed by atoms with Crippen LogP contribution in [0.15, 0.2) is 15.9 Å². The normalized spacial score (nSPS) is 11.4. The predicted octanol–water partition coefficient (Wildman–Crippen LogP) is 3.41. The second-order valence-electron chi connectivity index (χ2n) is 3.58. The number of thiophene rings is 1. The van der Waals surface area contributed by atoms with Gasteiger partial charge in [-0.25, -0.2) is 0 Å². The van der Waals surface area contributed by atoms with Crippen LogP contribution in [-0.2, 0) is 0 Å². The summed E-state index contributed by atoms with van der Waals surface area (Å²) >= 11 is 8.12. The van der Waals surface area contributed by atoms with Gasteiger partial charge in [0.05, 0.1) is 8.66 Å². The Hall–Kier alpha value is 0.130. The highest BCUT2D eigenvalue weighted by molar-refractivity contribution is 9.11. The third kappa shape index (κ3) is 3.37. The fourth-order valence-electron chi connectivity index (χ4n) is 0.839. The molecule has 0 atom stereocenters. The Morgan fingerprint density at radius 2 is 2.21 bits per heavy atom. The molecule has 1 heterocycles. The van der Waals surface area contributed by atoms with Gasteiger partial charge in [-0.15, -0.1) is 11.3 Å². The molecule has 0 aliphatic carbocycles. The van der Waals surface area contributed by atoms with E-state index < -0.39 is 0 Å². The summed E-state index contributed by atoms with van der Waals surface area (Å²) in [5.41, 5.74) is -0.215. The van der Waals surface area contributed by atoms with Crippen molar-refractivity contribution in [1.82, 2.24) is 5.32 Å². The fourth-order valence-corrected chi connectivity index (χ4v) is 2.26. The molecule has 1 aromatic heterocycles. The van der Waals surface area contributed by atoms with Crippen LogP contribution in [-0.4, -0.2) is 16.8 Å². The van der Waals surface area contributed by atoms with Crippen molar-refractivity contribution in [2.75, 3.05) is 5.33 Å². The lowest BCUT2D eigenvalue weighted by atomic mass is 10.1. The van der Waals surface area contributed by atoms with Crippen molar-refractivity contribution >= 4 is 49.1 Å². The van der Waals surface area contributed by atoms with Crippen LogP contribution >= 0.6 is 43.2 Å². The van der Waals surface area contributed by atoms with Crippen LogP contribution in [0.5, 0.6) is 0 Å². The smallest absolute Gasteiger partial charge is 0.261 e. The van der Waals surface area contributed by atoms with Crippen LogP contribution in [0.2, 0.25) is 0 Å². The molecule has 0 saturated heterocycles. The molecule has 0 saturated carbocycles. The van der Waals surface area contributed by atoms with Gasteiger partial charge in [0, 0.05) is 10.9 Å². The van der Waals surface area contributed by atoms with Gasteiger partial charge in [0.1, 0.15) is 0 Å². The number of hydrogen-bond acceptors (Lipinski definition) is 2. The summed E-state index contributed by atoms with van der Waals surface area (Å²) in [6, 6.07) is 3.69. The lowest BCUT2D eigenvalue weighted by molar-refractivity contribution is 0.0925. The molecule has 1 amide bonds. The van der Waals surface area contributed by atoms with Gasteiger partial charge in [0.2, 0.25) is 0 Å². The molecule has 1 N–H and O–H groups in total. The molecule has 0 radical (unpaired) electrons. The molecule has 1 rings (SSSR count). The topological polar surface area (TPSA) is 29.1 Å². The van der Waals surface area contributed by atoms with Crippen LogP contribution in [0.4, 0.5) is 0 Å². The van der Waals surface area contributed by atoms with Gasteiger partial charge in [0.15, 0.2) is 0 Å². The summed E-state index contributed by atoms with van der Waals surface area (Å²) in [5, 5.41) is 3.67. The molecule has 0 unspecified atom stereocenters. The van der Waals surface area contributed by atoms with E-state index in [2.05, 4.69) is 37.2 Å². The minimum atomic E-state index is -0.215. The van der Waals surface area contributed by atoms with Crippen molar-refractivity contribution in [2.45, 2.75) is 19.4 Å². The Labute approximate surface area is 104 Å². The predicted molar refractivity (Wildman–Crippen MR) is 67.4 cm³/mol. The maximum Gasteiger partial charge on any atom is 0.261 e. The summed E-state index contributed by atoms with van der Waals surface area (Å²) in [5.74, 6) is -0.0230. The van der Waals surface area contributed by atoms with Gasteiger partial charge in [-0.3, -0.25) is 4.79 Å². The van der Waals surface area contributed by atoms with E-state index in [1.54, 1.807) is 0 Å². The Morgan fingerprint density at radius 3 is 2.64 bits per heavy atom. The first kappa shape index (κ1) is 12.2. The van der Waals surface area contributed by atoms with E-state index in [1.807, 2.05) is 26.0 Å². The molecule has 78 valence electrons. The van der Waals surface area contributed by atoms with E-state index in [9.17, 15) is 4.79 Å². The third-order valence-electron chi connectivity index (χ3n) is 1.58. The quantitative estimate of drug-likeness (QED) is 0.839. The second kappa shape index (κ2) is 4.77. The zero-order chi connectivity index (χ0) is 10.8.